The van der Waals surface area contributed by atoms with Crippen molar-refractivity contribution in [2.24, 2.45) is 0 Å². The Labute approximate surface area is 242 Å². The van der Waals surface area contributed by atoms with E-state index in [1.165, 1.54) is 6.42 Å². The number of amides is 1. The van der Waals surface area contributed by atoms with Gasteiger partial charge in [-0.15, -0.1) is 0 Å². The molecule has 0 spiro atoms. The predicted octanol–water partition coefficient (Wildman–Crippen LogP) is 7.92. The molecule has 0 unspecified atom stereocenters. The SMILES string of the molecule is CC1(C)Oc2cc(-c3ccc(Cl)cc3)ccc2-c2c1c(C(=O)NN1CCCCC1)nn2-c1ccc(Cl)cc1Cl. The van der Waals surface area contributed by atoms with Crippen molar-refractivity contribution in [3.8, 4) is 33.8 Å². The molecule has 1 N–H and O–H groups in total. The first-order chi connectivity index (χ1) is 18.7. The average molecular weight is 582 g/mol. The average Bonchev–Trinajstić information content (AvgIpc) is 3.31. The van der Waals surface area contributed by atoms with Gasteiger partial charge >= 0.3 is 0 Å². The first kappa shape index (κ1) is 26.2. The maximum atomic E-state index is 13.7. The molecule has 39 heavy (non-hydrogen) atoms. The van der Waals surface area contributed by atoms with Gasteiger partial charge in [-0.1, -0.05) is 59.4 Å². The normalized spacial score (nSPS) is 16.2. The van der Waals surface area contributed by atoms with Gasteiger partial charge < -0.3 is 4.74 Å². The van der Waals surface area contributed by atoms with Crippen molar-refractivity contribution in [2.75, 3.05) is 13.1 Å². The van der Waals surface area contributed by atoms with Crippen LogP contribution in [0.25, 0.3) is 28.1 Å². The molecule has 4 aromatic rings. The Morgan fingerprint density at radius 1 is 0.897 bits per heavy atom. The molecule has 3 heterocycles. The van der Waals surface area contributed by atoms with E-state index < -0.39 is 5.60 Å². The highest BCUT2D eigenvalue weighted by Crippen LogP contribution is 2.49. The molecule has 6 nitrogen and oxygen atoms in total. The third-order valence-corrected chi connectivity index (χ3v) is 8.03. The molecule has 2 aliphatic heterocycles. The highest BCUT2D eigenvalue weighted by molar-refractivity contribution is 6.35. The van der Waals surface area contributed by atoms with Gasteiger partial charge in [-0.3, -0.25) is 10.2 Å². The third-order valence-electron chi connectivity index (χ3n) is 7.24. The van der Waals surface area contributed by atoms with Gasteiger partial charge in [-0.2, -0.15) is 5.10 Å². The number of aromatic nitrogens is 2. The minimum atomic E-state index is -0.854. The van der Waals surface area contributed by atoms with Crippen LogP contribution in [0.4, 0.5) is 0 Å². The molecule has 6 rings (SSSR count). The Morgan fingerprint density at radius 2 is 1.59 bits per heavy atom. The van der Waals surface area contributed by atoms with Crippen LogP contribution in [0, 0.1) is 0 Å². The number of benzene rings is 3. The fourth-order valence-corrected chi connectivity index (χ4v) is 5.99. The van der Waals surface area contributed by atoms with Crippen LogP contribution < -0.4 is 10.2 Å². The number of hydrogen-bond acceptors (Lipinski definition) is 4. The van der Waals surface area contributed by atoms with Crippen molar-refractivity contribution in [2.45, 2.75) is 38.7 Å². The molecule has 0 bridgehead atoms. The van der Waals surface area contributed by atoms with Crippen molar-refractivity contribution < 1.29 is 9.53 Å². The second-order valence-electron chi connectivity index (χ2n) is 10.4. The number of piperidine rings is 1. The van der Waals surface area contributed by atoms with Crippen LogP contribution in [0.5, 0.6) is 5.75 Å². The maximum Gasteiger partial charge on any atom is 0.286 e. The van der Waals surface area contributed by atoms with Crippen molar-refractivity contribution >= 4 is 40.7 Å². The molecule has 0 saturated carbocycles. The van der Waals surface area contributed by atoms with Crippen molar-refractivity contribution in [1.29, 1.82) is 0 Å². The number of carbonyl (C=O) groups is 1. The first-order valence-electron chi connectivity index (χ1n) is 13.0. The molecule has 3 aromatic carbocycles. The third kappa shape index (κ3) is 4.91. The van der Waals surface area contributed by atoms with E-state index in [4.69, 9.17) is 44.6 Å². The van der Waals surface area contributed by atoms with Crippen molar-refractivity contribution in [1.82, 2.24) is 20.2 Å². The van der Waals surface area contributed by atoms with Gasteiger partial charge in [0.05, 0.1) is 22.0 Å². The van der Waals surface area contributed by atoms with Crippen LogP contribution in [-0.4, -0.2) is 33.8 Å². The van der Waals surface area contributed by atoms with Crippen LogP contribution in [-0.2, 0) is 5.60 Å². The fraction of sp³-hybridized carbons (Fsp3) is 0.267. The topological polar surface area (TPSA) is 59.4 Å². The lowest BCUT2D eigenvalue weighted by molar-refractivity contribution is 0.0720. The van der Waals surface area contributed by atoms with E-state index in [2.05, 4.69) is 5.43 Å². The fourth-order valence-electron chi connectivity index (χ4n) is 5.38. The molecule has 1 fully saturated rings. The second-order valence-corrected chi connectivity index (χ2v) is 11.7. The minimum Gasteiger partial charge on any atom is -0.482 e. The Balaban J connectivity index is 1.53. The molecule has 0 aliphatic carbocycles. The number of halogens is 3. The molecule has 1 saturated heterocycles. The van der Waals surface area contributed by atoms with Gasteiger partial charge in [-0.25, -0.2) is 9.69 Å². The number of fused-ring (bicyclic) bond motifs is 3. The first-order valence-corrected chi connectivity index (χ1v) is 14.1. The van der Waals surface area contributed by atoms with E-state index in [0.717, 1.165) is 48.3 Å². The summed E-state index contributed by atoms with van der Waals surface area (Å²) in [5.41, 5.74) is 7.43. The summed E-state index contributed by atoms with van der Waals surface area (Å²) in [5.74, 6) is 0.420. The minimum absolute atomic E-state index is 0.269. The Bertz CT molecular complexity index is 1570. The Hall–Kier alpha value is -3.03. The summed E-state index contributed by atoms with van der Waals surface area (Å²) in [6.45, 7) is 5.54. The quantitative estimate of drug-likeness (QED) is 0.266. The van der Waals surface area contributed by atoms with Gasteiger partial charge in [0.25, 0.3) is 5.91 Å². The number of nitrogens with one attached hydrogen (secondary N) is 1. The van der Waals surface area contributed by atoms with Gasteiger partial charge in [0.2, 0.25) is 0 Å². The van der Waals surface area contributed by atoms with Gasteiger partial charge in [0, 0.05) is 28.7 Å². The molecule has 1 aromatic heterocycles. The largest absolute Gasteiger partial charge is 0.482 e. The van der Waals surface area contributed by atoms with Crippen LogP contribution in [0.1, 0.15) is 49.2 Å². The van der Waals surface area contributed by atoms with Crippen LogP contribution in [0.15, 0.2) is 60.7 Å². The number of nitrogens with zero attached hydrogens (tertiary/aromatic N) is 3. The summed E-state index contributed by atoms with van der Waals surface area (Å²) < 4.78 is 8.32. The van der Waals surface area contributed by atoms with E-state index in [-0.39, 0.29) is 5.91 Å². The zero-order chi connectivity index (χ0) is 27.3. The predicted molar refractivity (Wildman–Crippen MR) is 156 cm³/mol. The monoisotopic (exact) mass is 580 g/mol. The van der Waals surface area contributed by atoms with Crippen LogP contribution in [0.3, 0.4) is 0 Å². The number of ether oxygens (including phenoxy) is 1. The Morgan fingerprint density at radius 3 is 2.31 bits per heavy atom. The highest BCUT2D eigenvalue weighted by Gasteiger charge is 2.42. The van der Waals surface area contributed by atoms with E-state index >= 15 is 0 Å². The molecule has 200 valence electrons. The molecule has 1 amide bonds. The van der Waals surface area contributed by atoms with Crippen LogP contribution >= 0.6 is 34.8 Å². The molecule has 2 aliphatic rings. The molecule has 9 heteroatoms. The molecule has 0 radical (unpaired) electrons. The number of carbonyl (C=O) groups excluding carboxylic acids is 1. The standard InChI is InChI=1S/C30H27Cl3N4O2/c1-30(2)26-27(29(38)35-36-14-4-3-5-15-36)34-37(24-13-11-21(32)17-23(24)33)28(26)22-12-8-19(16-25(22)39-30)18-6-9-20(31)10-7-18/h6-13,16-17H,3-5,14-15H2,1-2H3,(H,35,38). The maximum absolute atomic E-state index is 13.7. The van der Waals surface area contributed by atoms with Crippen molar-refractivity contribution in [3.05, 3.63) is 87.0 Å². The number of hydrogen-bond donors (Lipinski definition) is 1. The zero-order valence-corrected chi connectivity index (χ0v) is 23.9. The van der Waals surface area contributed by atoms with E-state index in [1.54, 1.807) is 16.8 Å². The lowest BCUT2D eigenvalue weighted by Crippen LogP contribution is -2.46. The highest BCUT2D eigenvalue weighted by atomic mass is 35.5. The summed E-state index contributed by atoms with van der Waals surface area (Å²) in [6, 6.07) is 19.0. The van der Waals surface area contributed by atoms with E-state index in [9.17, 15) is 4.79 Å². The van der Waals surface area contributed by atoms with Gasteiger partial charge in [-0.05, 0) is 80.3 Å². The summed E-state index contributed by atoms with van der Waals surface area (Å²) in [4.78, 5) is 13.7. The van der Waals surface area contributed by atoms with Gasteiger partial charge in [0.1, 0.15) is 11.4 Å². The van der Waals surface area contributed by atoms with Crippen LogP contribution in [0.2, 0.25) is 15.1 Å². The molecular weight excluding hydrogens is 555 g/mol. The van der Waals surface area contributed by atoms with Crippen molar-refractivity contribution in [3.63, 3.8) is 0 Å². The Kier molecular flexibility index (Phi) is 6.84. The molecular formula is C30H27Cl3N4O2. The van der Waals surface area contributed by atoms with E-state index in [1.807, 2.05) is 67.4 Å². The number of rotatable bonds is 4. The zero-order valence-electron chi connectivity index (χ0n) is 21.6. The summed E-state index contributed by atoms with van der Waals surface area (Å²) in [7, 11) is 0. The van der Waals surface area contributed by atoms with Gasteiger partial charge in [0.15, 0.2) is 5.69 Å². The van der Waals surface area contributed by atoms with E-state index in [0.29, 0.717) is 37.8 Å². The second kappa shape index (κ2) is 10.2. The summed E-state index contributed by atoms with van der Waals surface area (Å²) in [6.07, 6.45) is 3.26. The lowest BCUT2D eigenvalue weighted by atomic mass is 9.88. The number of hydrazine groups is 1. The lowest BCUT2D eigenvalue weighted by Gasteiger charge is -2.34. The summed E-state index contributed by atoms with van der Waals surface area (Å²) >= 11 is 19.0. The summed E-state index contributed by atoms with van der Waals surface area (Å²) in [5, 5.41) is 8.45. The molecule has 0 atom stereocenters. The smallest absolute Gasteiger partial charge is 0.286 e.